The minimum atomic E-state index is -0.333. The fourth-order valence-corrected chi connectivity index (χ4v) is 3.13. The Morgan fingerprint density at radius 2 is 1.62 bits per heavy atom. The molecule has 2 N–H and O–H groups in total. The van der Waals surface area contributed by atoms with Crippen LogP contribution in [0.25, 0.3) is 0 Å². The summed E-state index contributed by atoms with van der Waals surface area (Å²) in [7, 11) is 0. The number of carbonyl (C=O) groups excluding carboxylic acids is 1. The Kier molecular flexibility index (Phi) is 6.61. The summed E-state index contributed by atoms with van der Waals surface area (Å²) in [5, 5.41) is 11.2. The fourth-order valence-electron chi connectivity index (χ4n) is 2.90. The van der Waals surface area contributed by atoms with Crippen LogP contribution < -0.4 is 10.6 Å². The van der Waals surface area contributed by atoms with Gasteiger partial charge < -0.3 is 15.4 Å². The molecule has 0 unspecified atom stereocenters. The minimum Gasteiger partial charge on any atom is -0.462 e. The summed E-state index contributed by atoms with van der Waals surface area (Å²) in [6.45, 7) is 6.92. The van der Waals surface area contributed by atoms with Gasteiger partial charge in [-0.15, -0.1) is 0 Å². The third-order valence-corrected chi connectivity index (χ3v) is 4.51. The average Bonchev–Trinajstić information content (AvgIpc) is 3.01. The van der Waals surface area contributed by atoms with Crippen LogP contribution in [0.15, 0.2) is 54.6 Å². The Morgan fingerprint density at radius 3 is 2.14 bits per heavy atom. The lowest BCUT2D eigenvalue weighted by atomic mass is 10.2. The SMILES string of the molecule is CCOC(=O)c1ccc(NC(=S)Nc2ccc(Cn3nc(C)cc3C)cc2)cc1. The van der Waals surface area contributed by atoms with Crippen LogP contribution in [0.2, 0.25) is 0 Å². The van der Waals surface area contributed by atoms with Gasteiger partial charge in [0.2, 0.25) is 0 Å². The molecule has 0 atom stereocenters. The third-order valence-electron chi connectivity index (χ3n) is 4.30. The summed E-state index contributed by atoms with van der Waals surface area (Å²) in [6.07, 6.45) is 0. The van der Waals surface area contributed by atoms with Crippen LogP contribution in [0.5, 0.6) is 0 Å². The van der Waals surface area contributed by atoms with Crippen molar-refractivity contribution in [2.75, 3.05) is 17.2 Å². The molecule has 1 heterocycles. The molecular weight excluding hydrogens is 384 g/mol. The van der Waals surface area contributed by atoms with E-state index in [-0.39, 0.29) is 5.97 Å². The van der Waals surface area contributed by atoms with Crippen molar-refractivity contribution >= 4 is 34.7 Å². The second-order valence-electron chi connectivity index (χ2n) is 6.66. The van der Waals surface area contributed by atoms with E-state index >= 15 is 0 Å². The zero-order valence-corrected chi connectivity index (χ0v) is 17.5. The largest absolute Gasteiger partial charge is 0.462 e. The molecule has 0 amide bonds. The molecule has 7 heteroatoms. The molecule has 3 rings (SSSR count). The lowest BCUT2D eigenvalue weighted by Crippen LogP contribution is -2.19. The number of carbonyl (C=O) groups is 1. The van der Waals surface area contributed by atoms with E-state index in [1.807, 2.05) is 23.7 Å². The molecular formula is C22H24N4O2S. The number of ether oxygens (including phenoxy) is 1. The highest BCUT2D eigenvalue weighted by molar-refractivity contribution is 7.80. The van der Waals surface area contributed by atoms with Crippen molar-refractivity contribution in [3.63, 3.8) is 0 Å². The Hall–Kier alpha value is -3.19. The van der Waals surface area contributed by atoms with E-state index in [2.05, 4.69) is 40.9 Å². The Labute approximate surface area is 175 Å². The Morgan fingerprint density at radius 1 is 1.03 bits per heavy atom. The quantitative estimate of drug-likeness (QED) is 0.461. The van der Waals surface area contributed by atoms with Gasteiger partial charge in [0.15, 0.2) is 5.11 Å². The van der Waals surface area contributed by atoms with Gasteiger partial charge in [-0.1, -0.05) is 12.1 Å². The topological polar surface area (TPSA) is 68.2 Å². The first-order chi connectivity index (χ1) is 13.9. The molecule has 0 fully saturated rings. The molecule has 3 aromatic rings. The number of benzene rings is 2. The molecule has 0 radical (unpaired) electrons. The summed E-state index contributed by atoms with van der Waals surface area (Å²) in [5.41, 5.74) is 5.51. The maximum atomic E-state index is 11.7. The van der Waals surface area contributed by atoms with Crippen LogP contribution in [0.3, 0.4) is 0 Å². The molecule has 0 saturated heterocycles. The van der Waals surface area contributed by atoms with Crippen molar-refractivity contribution in [1.82, 2.24) is 9.78 Å². The fraction of sp³-hybridized carbons (Fsp3) is 0.227. The zero-order chi connectivity index (χ0) is 20.8. The summed E-state index contributed by atoms with van der Waals surface area (Å²) < 4.78 is 6.97. The van der Waals surface area contributed by atoms with Crippen molar-refractivity contribution in [3.05, 3.63) is 77.1 Å². The van der Waals surface area contributed by atoms with Crippen LogP contribution >= 0.6 is 12.2 Å². The van der Waals surface area contributed by atoms with Gasteiger partial charge in [-0.25, -0.2) is 4.79 Å². The molecule has 2 aromatic carbocycles. The molecule has 29 heavy (non-hydrogen) atoms. The highest BCUT2D eigenvalue weighted by Gasteiger charge is 2.07. The second kappa shape index (κ2) is 9.34. The molecule has 150 valence electrons. The molecule has 0 aliphatic heterocycles. The van der Waals surface area contributed by atoms with Crippen molar-refractivity contribution in [2.24, 2.45) is 0 Å². The maximum Gasteiger partial charge on any atom is 0.338 e. The number of hydrogen-bond donors (Lipinski definition) is 2. The highest BCUT2D eigenvalue weighted by Crippen LogP contribution is 2.14. The lowest BCUT2D eigenvalue weighted by Gasteiger charge is -2.12. The monoisotopic (exact) mass is 408 g/mol. The number of anilines is 2. The second-order valence-corrected chi connectivity index (χ2v) is 7.07. The predicted octanol–water partition coefficient (Wildman–Crippen LogP) is 4.53. The predicted molar refractivity (Wildman–Crippen MR) is 119 cm³/mol. The number of esters is 1. The Balaban J connectivity index is 1.55. The molecule has 0 spiro atoms. The van der Waals surface area contributed by atoms with E-state index in [1.54, 1.807) is 31.2 Å². The van der Waals surface area contributed by atoms with Crippen LogP contribution in [-0.2, 0) is 11.3 Å². The molecule has 0 saturated carbocycles. The van der Waals surface area contributed by atoms with Crippen LogP contribution in [0.1, 0.15) is 34.2 Å². The van der Waals surface area contributed by atoms with Gasteiger partial charge in [0.25, 0.3) is 0 Å². The maximum absolute atomic E-state index is 11.7. The van der Waals surface area contributed by atoms with E-state index in [9.17, 15) is 4.79 Å². The van der Waals surface area contributed by atoms with E-state index in [0.717, 1.165) is 34.9 Å². The molecule has 6 nitrogen and oxygen atoms in total. The summed E-state index contributed by atoms with van der Waals surface area (Å²) in [4.78, 5) is 11.7. The van der Waals surface area contributed by atoms with Gasteiger partial charge in [0.05, 0.1) is 24.4 Å². The van der Waals surface area contributed by atoms with Gasteiger partial charge in [-0.05, 0) is 81.0 Å². The van der Waals surface area contributed by atoms with Crippen molar-refractivity contribution in [3.8, 4) is 0 Å². The van der Waals surface area contributed by atoms with E-state index in [1.165, 1.54) is 0 Å². The lowest BCUT2D eigenvalue weighted by molar-refractivity contribution is 0.0526. The van der Waals surface area contributed by atoms with Crippen molar-refractivity contribution in [2.45, 2.75) is 27.3 Å². The van der Waals surface area contributed by atoms with Crippen LogP contribution in [-0.4, -0.2) is 27.5 Å². The first-order valence-corrected chi connectivity index (χ1v) is 9.80. The van der Waals surface area contributed by atoms with Gasteiger partial charge in [-0.3, -0.25) is 4.68 Å². The molecule has 1 aromatic heterocycles. The number of aromatic nitrogens is 2. The smallest absolute Gasteiger partial charge is 0.338 e. The van der Waals surface area contributed by atoms with Gasteiger partial charge >= 0.3 is 5.97 Å². The molecule has 0 aliphatic rings. The van der Waals surface area contributed by atoms with Gasteiger partial charge in [0.1, 0.15) is 0 Å². The van der Waals surface area contributed by atoms with Crippen molar-refractivity contribution in [1.29, 1.82) is 0 Å². The number of hydrogen-bond acceptors (Lipinski definition) is 4. The summed E-state index contributed by atoms with van der Waals surface area (Å²) in [5.74, 6) is -0.333. The third kappa shape index (κ3) is 5.65. The number of aryl methyl sites for hydroxylation is 2. The van der Waals surface area contributed by atoms with Crippen molar-refractivity contribution < 1.29 is 9.53 Å². The summed E-state index contributed by atoms with van der Waals surface area (Å²) in [6, 6.07) is 17.1. The normalized spacial score (nSPS) is 10.4. The van der Waals surface area contributed by atoms with E-state index in [4.69, 9.17) is 17.0 Å². The van der Waals surface area contributed by atoms with Gasteiger partial charge in [0, 0.05) is 17.1 Å². The number of nitrogens with zero attached hydrogens (tertiary/aromatic N) is 2. The number of nitrogens with one attached hydrogen (secondary N) is 2. The van der Waals surface area contributed by atoms with Gasteiger partial charge in [-0.2, -0.15) is 5.10 Å². The highest BCUT2D eigenvalue weighted by atomic mass is 32.1. The first-order valence-electron chi connectivity index (χ1n) is 9.40. The minimum absolute atomic E-state index is 0.333. The Bertz CT molecular complexity index is 995. The molecule has 0 bridgehead atoms. The van der Waals surface area contributed by atoms with Crippen LogP contribution in [0.4, 0.5) is 11.4 Å². The van der Waals surface area contributed by atoms with E-state index in [0.29, 0.717) is 17.3 Å². The first kappa shape index (κ1) is 20.5. The average molecular weight is 409 g/mol. The standard InChI is InChI=1S/C22H24N4O2S/c1-4-28-21(27)18-7-11-20(12-8-18)24-22(29)23-19-9-5-17(6-10-19)14-26-16(3)13-15(2)25-26/h5-13H,4,14H2,1-3H3,(H2,23,24,29). The summed E-state index contributed by atoms with van der Waals surface area (Å²) >= 11 is 5.37. The molecule has 0 aliphatic carbocycles. The van der Waals surface area contributed by atoms with Crippen LogP contribution in [0, 0.1) is 13.8 Å². The van der Waals surface area contributed by atoms with E-state index < -0.39 is 0 Å². The number of thiocarbonyl (C=S) groups is 1. The zero-order valence-electron chi connectivity index (χ0n) is 16.7. The number of rotatable bonds is 6.